The molecule has 59 heavy (non-hydrogen) atoms. The van der Waals surface area contributed by atoms with Gasteiger partial charge >= 0.3 is 12.1 Å². The third-order valence-corrected chi connectivity index (χ3v) is 12.0. The topological polar surface area (TPSA) is 217 Å². The summed E-state index contributed by atoms with van der Waals surface area (Å²) in [6, 6.07) is 1.63. The van der Waals surface area contributed by atoms with E-state index in [9.17, 15) is 24.3 Å². The molecule has 3 N–H and O–H groups in total. The lowest BCUT2D eigenvalue weighted by Gasteiger charge is -2.46. The number of ether oxygens (including phenoxy) is 6. The highest BCUT2D eigenvalue weighted by Crippen LogP contribution is 2.43. The number of aliphatic hydroxyl groups is 1. The van der Waals surface area contributed by atoms with Gasteiger partial charge in [-0.15, -0.1) is 5.10 Å². The van der Waals surface area contributed by atoms with Gasteiger partial charge in [-0.1, -0.05) is 44.7 Å². The standard InChI is InChI=1S/C41H57FN6O11/c1-11-30-41(8)33(48(38(53)59-41)17-13-12-16-47-21-29(45-46-47)28-19-26(54-9)14-15-44-28)24(4)31(49)22(2)20-39(6,55-10)35(25(5)34(51)40(7,42)37(52)57-30)58-36-32(50)27(43)18-23(3)56-36/h14-15,19,21-25,27,30,32-33,35-36,50H,11,16-18,20,43H2,1-10H3/t22-,23-,24+,25+,27?,30-,32?,33-,35-,36+,39-,40+,41-/m1/s1. The van der Waals surface area contributed by atoms with Gasteiger partial charge in [-0.25, -0.2) is 18.7 Å². The third kappa shape index (κ3) is 9.14. The van der Waals surface area contributed by atoms with E-state index in [1.165, 1.54) is 30.5 Å². The van der Waals surface area contributed by atoms with Gasteiger partial charge in [-0.05, 0) is 53.0 Å². The molecule has 0 radical (unpaired) electrons. The molecule has 0 spiro atoms. The number of fused-ring (bicyclic) bond motifs is 1. The molecular formula is C41H57FN6O11. The number of Topliss-reactive ketones (excluding diaryl/α,β-unsaturated/α-hetero) is 2. The summed E-state index contributed by atoms with van der Waals surface area (Å²) in [5.41, 5.74) is 0.807. The molecular weight excluding hydrogens is 771 g/mol. The predicted molar refractivity (Wildman–Crippen MR) is 208 cm³/mol. The molecule has 2 aromatic rings. The summed E-state index contributed by atoms with van der Waals surface area (Å²) in [6.45, 7) is 11.9. The molecule has 0 bridgehead atoms. The minimum Gasteiger partial charge on any atom is -0.497 e. The van der Waals surface area contributed by atoms with E-state index >= 15 is 4.39 Å². The van der Waals surface area contributed by atoms with Gasteiger partial charge in [-0.3, -0.25) is 19.5 Å². The lowest BCUT2D eigenvalue weighted by atomic mass is 9.73. The van der Waals surface area contributed by atoms with E-state index in [1.54, 1.807) is 66.3 Å². The minimum atomic E-state index is -3.22. The maximum atomic E-state index is 16.8. The number of aromatic nitrogens is 4. The van der Waals surface area contributed by atoms with Crippen LogP contribution in [0.25, 0.3) is 11.4 Å². The summed E-state index contributed by atoms with van der Waals surface area (Å²) < 4.78 is 53.5. The van der Waals surface area contributed by atoms with Crippen LogP contribution >= 0.6 is 0 Å². The Morgan fingerprint density at radius 3 is 2.41 bits per heavy atom. The van der Waals surface area contributed by atoms with Crippen molar-refractivity contribution in [1.82, 2.24) is 24.9 Å². The molecule has 0 aliphatic carbocycles. The summed E-state index contributed by atoms with van der Waals surface area (Å²) in [7, 11) is 2.90. The molecule has 0 saturated carbocycles. The summed E-state index contributed by atoms with van der Waals surface area (Å²) in [4.78, 5) is 61.9. The minimum absolute atomic E-state index is 0.0292. The molecule has 2 aromatic heterocycles. The van der Waals surface area contributed by atoms with Crippen molar-refractivity contribution in [2.75, 3.05) is 20.8 Å². The molecule has 5 heterocycles. The zero-order valence-corrected chi connectivity index (χ0v) is 35.3. The van der Waals surface area contributed by atoms with Gasteiger partial charge in [-0.2, -0.15) is 0 Å². The first kappa shape index (κ1) is 45.5. The third-order valence-electron chi connectivity index (χ3n) is 12.0. The first-order valence-electron chi connectivity index (χ1n) is 19.9. The lowest BCUT2D eigenvalue weighted by Crippen LogP contribution is -2.61. The van der Waals surface area contributed by atoms with E-state index in [4.69, 9.17) is 34.2 Å². The van der Waals surface area contributed by atoms with Gasteiger partial charge in [0.2, 0.25) is 0 Å². The summed E-state index contributed by atoms with van der Waals surface area (Å²) in [5.74, 6) is 0.360. The van der Waals surface area contributed by atoms with Crippen LogP contribution in [0, 0.1) is 29.6 Å². The second-order valence-electron chi connectivity index (χ2n) is 16.4. The normalized spacial score (nSPS) is 37.1. The second-order valence-corrected chi connectivity index (χ2v) is 16.4. The van der Waals surface area contributed by atoms with Gasteiger partial charge in [0.1, 0.15) is 36.0 Å². The largest absolute Gasteiger partial charge is 0.497 e. The Morgan fingerprint density at radius 2 is 1.75 bits per heavy atom. The highest BCUT2D eigenvalue weighted by atomic mass is 19.1. The van der Waals surface area contributed by atoms with E-state index in [-0.39, 0.29) is 31.7 Å². The molecule has 3 aliphatic rings. The Morgan fingerprint density at radius 1 is 1.05 bits per heavy atom. The van der Waals surface area contributed by atoms with Crippen molar-refractivity contribution >= 4 is 23.6 Å². The Bertz CT molecular complexity index is 1940. The molecule has 18 heteroatoms. The van der Waals surface area contributed by atoms with Crippen LogP contribution in [0.5, 0.6) is 5.75 Å². The van der Waals surface area contributed by atoms with E-state index in [1.807, 2.05) is 0 Å². The van der Waals surface area contributed by atoms with Crippen molar-refractivity contribution < 1.29 is 57.1 Å². The number of hydrogen-bond acceptors (Lipinski definition) is 15. The fraction of sp³-hybridized carbons (Fsp3) is 0.683. The molecule has 3 aliphatic heterocycles. The summed E-state index contributed by atoms with van der Waals surface area (Å²) in [5, 5.41) is 19.2. The number of nitrogens with zero attached hydrogens (tertiary/aromatic N) is 5. The average molecular weight is 829 g/mol. The molecule has 3 fully saturated rings. The van der Waals surface area contributed by atoms with Gasteiger partial charge < -0.3 is 39.3 Å². The van der Waals surface area contributed by atoms with Gasteiger partial charge in [0, 0.05) is 43.2 Å². The van der Waals surface area contributed by atoms with Crippen molar-refractivity contribution in [3.8, 4) is 29.0 Å². The fourth-order valence-corrected chi connectivity index (χ4v) is 8.64. The Kier molecular flexibility index (Phi) is 13.9. The first-order valence-corrected chi connectivity index (χ1v) is 19.9. The predicted octanol–water partition coefficient (Wildman–Crippen LogP) is 3.05. The number of pyridine rings is 1. The Hall–Kier alpha value is -4.54. The Labute approximate surface area is 343 Å². The molecule has 324 valence electrons. The van der Waals surface area contributed by atoms with Crippen LogP contribution in [0.3, 0.4) is 0 Å². The number of cyclic esters (lactones) is 1. The molecule has 2 unspecified atom stereocenters. The first-order chi connectivity index (χ1) is 27.7. The molecule has 5 rings (SSSR count). The van der Waals surface area contributed by atoms with Crippen LogP contribution in [-0.4, -0.2) is 134 Å². The fourth-order valence-electron chi connectivity index (χ4n) is 8.64. The van der Waals surface area contributed by atoms with E-state index in [2.05, 4.69) is 27.1 Å². The molecule has 0 aromatic carbocycles. The monoisotopic (exact) mass is 828 g/mol. The average Bonchev–Trinajstić information content (AvgIpc) is 3.78. The van der Waals surface area contributed by atoms with Crippen LogP contribution < -0.4 is 10.5 Å². The zero-order valence-electron chi connectivity index (χ0n) is 35.3. The smallest absolute Gasteiger partial charge is 0.411 e. The number of alkyl halides is 1. The van der Waals surface area contributed by atoms with E-state index < -0.39 is 95.3 Å². The van der Waals surface area contributed by atoms with Gasteiger partial charge in [0.15, 0.2) is 17.7 Å². The number of hydrogen-bond donors (Lipinski definition) is 2. The van der Waals surface area contributed by atoms with Crippen molar-refractivity contribution in [3.05, 3.63) is 24.5 Å². The summed E-state index contributed by atoms with van der Waals surface area (Å²) in [6.07, 6.45) is -3.03. The SMILES string of the molecule is CC[C@H]1OC(=O)[C@@](C)(F)C(=O)[C@H](C)[C@@H](O[C@@H]2O[C@H](C)CC(N)C2O)[C@](C)(OC)C[C@@H](C)C(=O)[C@H](C)[C@H]2N(CC#CCn3cc(-c4cc(OC)ccn4)nn3)C(=O)O[C@]12C. The maximum absolute atomic E-state index is 16.8. The quantitative estimate of drug-likeness (QED) is 0.222. The molecule has 3 saturated heterocycles. The highest BCUT2D eigenvalue weighted by molar-refractivity contribution is 6.08. The number of esters is 1. The number of ketones is 2. The molecule has 13 atom stereocenters. The van der Waals surface area contributed by atoms with Gasteiger partial charge in [0.25, 0.3) is 5.67 Å². The van der Waals surface area contributed by atoms with E-state index in [0.717, 1.165) is 6.92 Å². The maximum Gasteiger partial charge on any atom is 0.411 e. The van der Waals surface area contributed by atoms with Crippen LogP contribution in [0.4, 0.5) is 9.18 Å². The number of methoxy groups -OCH3 is 2. The number of carbonyl (C=O) groups is 4. The molecule has 1 amide bonds. The van der Waals surface area contributed by atoms with Crippen molar-refractivity contribution in [2.24, 2.45) is 23.5 Å². The zero-order chi connectivity index (χ0) is 43.6. The van der Waals surface area contributed by atoms with E-state index in [0.29, 0.717) is 23.6 Å². The number of amides is 1. The molecule has 17 nitrogen and oxygen atoms in total. The number of halogens is 1. The number of aliphatic hydroxyl groups excluding tert-OH is 1. The summed E-state index contributed by atoms with van der Waals surface area (Å²) >= 11 is 0. The number of rotatable bonds is 8. The van der Waals surface area contributed by atoms with Crippen molar-refractivity contribution in [1.29, 1.82) is 0 Å². The Balaban J connectivity index is 1.48. The second kappa shape index (κ2) is 18.0. The van der Waals surface area contributed by atoms with Crippen LogP contribution in [-0.2, 0) is 44.6 Å². The number of carbonyl (C=O) groups excluding carboxylic acids is 4. The highest BCUT2D eigenvalue weighted by Gasteiger charge is 2.61. The van der Waals surface area contributed by atoms with Crippen molar-refractivity contribution in [2.45, 2.75) is 141 Å². The number of nitrogens with two attached hydrogens (primary N) is 1. The lowest BCUT2D eigenvalue weighted by molar-refractivity contribution is -0.288. The van der Waals surface area contributed by atoms with Crippen LogP contribution in [0.2, 0.25) is 0 Å². The van der Waals surface area contributed by atoms with Gasteiger partial charge in [0.05, 0.1) is 49.4 Å². The van der Waals surface area contributed by atoms with Crippen LogP contribution in [0.1, 0.15) is 74.7 Å². The van der Waals surface area contributed by atoms with Crippen LogP contribution in [0.15, 0.2) is 24.5 Å². The van der Waals surface area contributed by atoms with Crippen molar-refractivity contribution in [3.63, 3.8) is 0 Å².